The van der Waals surface area contributed by atoms with Crippen molar-refractivity contribution in [3.63, 3.8) is 0 Å². The van der Waals surface area contributed by atoms with Crippen LogP contribution in [0.15, 0.2) is 24.3 Å². The van der Waals surface area contributed by atoms with E-state index in [2.05, 4.69) is 20.6 Å². The van der Waals surface area contributed by atoms with E-state index in [-0.39, 0.29) is 23.1 Å². The van der Waals surface area contributed by atoms with E-state index in [9.17, 15) is 9.59 Å². The number of amides is 2. The van der Waals surface area contributed by atoms with Crippen LogP contribution in [0.5, 0.6) is 0 Å². The predicted octanol–water partition coefficient (Wildman–Crippen LogP) is 3.86. The molecule has 1 aromatic heterocycles. The second kappa shape index (κ2) is 6.85. The van der Waals surface area contributed by atoms with Gasteiger partial charge in [0, 0.05) is 5.41 Å². The molecule has 0 saturated heterocycles. The maximum atomic E-state index is 13.4. The minimum absolute atomic E-state index is 0.00255. The van der Waals surface area contributed by atoms with Gasteiger partial charge in [-0.2, -0.15) is 0 Å². The molecule has 6 rings (SSSR count). The van der Waals surface area contributed by atoms with Gasteiger partial charge in [-0.15, -0.1) is 0 Å². The highest BCUT2D eigenvalue weighted by Crippen LogP contribution is 2.60. The summed E-state index contributed by atoms with van der Waals surface area (Å²) in [6, 6.07) is 7.10. The molecule has 29 heavy (non-hydrogen) atoms. The van der Waals surface area contributed by atoms with E-state index < -0.39 is 6.04 Å². The SMILES string of the molecule is CC(C)[C@H](NC(=O)C12CC3CC(CC(C3)C1)C2)C(=O)Nc1nc2ccccc2[nH]1. The third kappa shape index (κ3) is 3.32. The van der Waals surface area contributed by atoms with Crippen molar-refractivity contribution in [1.29, 1.82) is 0 Å². The summed E-state index contributed by atoms with van der Waals surface area (Å²) in [5, 5.41) is 6.01. The number of para-hydroxylation sites is 2. The number of hydrogen-bond acceptors (Lipinski definition) is 3. The molecule has 3 N–H and O–H groups in total. The van der Waals surface area contributed by atoms with E-state index in [0.717, 1.165) is 30.3 Å². The van der Waals surface area contributed by atoms with Gasteiger partial charge in [-0.05, 0) is 74.3 Å². The van der Waals surface area contributed by atoms with Gasteiger partial charge in [0.2, 0.25) is 17.8 Å². The Morgan fingerprint density at radius 1 is 1.07 bits per heavy atom. The number of nitrogens with zero attached hydrogens (tertiary/aromatic N) is 1. The highest BCUT2D eigenvalue weighted by Gasteiger charge is 2.55. The lowest BCUT2D eigenvalue weighted by molar-refractivity contribution is -0.148. The average Bonchev–Trinajstić information content (AvgIpc) is 3.06. The van der Waals surface area contributed by atoms with Gasteiger partial charge in [-0.3, -0.25) is 14.9 Å². The number of carbonyl (C=O) groups is 2. The Morgan fingerprint density at radius 2 is 1.69 bits per heavy atom. The fourth-order valence-electron chi connectivity index (χ4n) is 6.42. The van der Waals surface area contributed by atoms with E-state index in [0.29, 0.717) is 23.7 Å². The number of nitrogens with one attached hydrogen (secondary N) is 3. The van der Waals surface area contributed by atoms with Gasteiger partial charge >= 0.3 is 0 Å². The molecule has 4 fully saturated rings. The van der Waals surface area contributed by atoms with Crippen LogP contribution in [0.2, 0.25) is 0 Å². The molecular weight excluding hydrogens is 364 g/mol. The van der Waals surface area contributed by atoms with Crippen molar-refractivity contribution >= 4 is 28.8 Å². The monoisotopic (exact) mass is 394 g/mol. The quantitative estimate of drug-likeness (QED) is 0.720. The number of anilines is 1. The molecule has 6 heteroatoms. The van der Waals surface area contributed by atoms with Crippen LogP contribution >= 0.6 is 0 Å². The molecular formula is C23H30N4O2. The maximum absolute atomic E-state index is 13.4. The molecule has 0 unspecified atom stereocenters. The zero-order chi connectivity index (χ0) is 20.2. The Kier molecular flexibility index (Phi) is 4.41. The first kappa shape index (κ1) is 18.6. The van der Waals surface area contributed by atoms with Crippen LogP contribution in [0.4, 0.5) is 5.95 Å². The molecule has 4 bridgehead atoms. The van der Waals surface area contributed by atoms with Crippen LogP contribution in [0, 0.1) is 29.1 Å². The normalized spacial score (nSPS) is 31.2. The van der Waals surface area contributed by atoms with E-state index in [1.165, 1.54) is 19.3 Å². The lowest BCUT2D eigenvalue weighted by Crippen LogP contribution is -2.57. The lowest BCUT2D eigenvalue weighted by Gasteiger charge is -2.55. The first-order chi connectivity index (χ1) is 13.9. The molecule has 4 saturated carbocycles. The van der Waals surface area contributed by atoms with Crippen molar-refractivity contribution < 1.29 is 9.59 Å². The highest BCUT2D eigenvalue weighted by molar-refractivity contribution is 5.98. The number of hydrogen-bond donors (Lipinski definition) is 3. The summed E-state index contributed by atoms with van der Waals surface area (Å²) in [7, 11) is 0. The lowest BCUT2D eigenvalue weighted by atomic mass is 9.49. The molecule has 4 aliphatic rings. The predicted molar refractivity (Wildman–Crippen MR) is 112 cm³/mol. The summed E-state index contributed by atoms with van der Waals surface area (Å²) >= 11 is 0. The van der Waals surface area contributed by atoms with Crippen molar-refractivity contribution in [2.45, 2.75) is 58.4 Å². The maximum Gasteiger partial charge on any atom is 0.249 e. The number of fused-ring (bicyclic) bond motifs is 1. The third-order valence-corrected chi connectivity index (χ3v) is 7.39. The number of rotatable bonds is 5. The van der Waals surface area contributed by atoms with E-state index in [1.54, 1.807) is 0 Å². The second-order valence-corrected chi connectivity index (χ2v) is 9.98. The van der Waals surface area contributed by atoms with Gasteiger partial charge in [0.05, 0.1) is 11.0 Å². The molecule has 154 valence electrons. The standard InChI is InChI=1S/C23H30N4O2/c1-13(2)19(20(28)27-22-24-17-5-3-4-6-18(17)25-22)26-21(29)23-10-14-7-15(11-23)9-16(8-14)12-23/h3-6,13-16,19H,7-12H2,1-2H3,(H,26,29)(H2,24,25,27,28)/t14?,15?,16?,19-,23?/m0/s1. The fourth-order valence-corrected chi connectivity index (χ4v) is 6.42. The summed E-state index contributed by atoms with van der Waals surface area (Å²) in [4.78, 5) is 34.0. The molecule has 6 nitrogen and oxygen atoms in total. The Bertz CT molecular complexity index is 879. The number of aromatic nitrogens is 2. The molecule has 2 aromatic rings. The van der Waals surface area contributed by atoms with Crippen molar-refractivity contribution in [1.82, 2.24) is 15.3 Å². The van der Waals surface area contributed by atoms with E-state index in [1.807, 2.05) is 38.1 Å². The molecule has 1 heterocycles. The van der Waals surface area contributed by atoms with Crippen molar-refractivity contribution in [3.8, 4) is 0 Å². The number of imidazole rings is 1. The van der Waals surface area contributed by atoms with E-state index in [4.69, 9.17) is 0 Å². The summed E-state index contributed by atoms with van der Waals surface area (Å²) in [6.45, 7) is 3.95. The van der Waals surface area contributed by atoms with Crippen molar-refractivity contribution in [2.24, 2.45) is 29.1 Å². The topological polar surface area (TPSA) is 86.9 Å². The zero-order valence-electron chi connectivity index (χ0n) is 17.2. The van der Waals surface area contributed by atoms with Gasteiger partial charge in [0.1, 0.15) is 6.04 Å². The van der Waals surface area contributed by atoms with Crippen LogP contribution in [-0.2, 0) is 9.59 Å². The van der Waals surface area contributed by atoms with Crippen molar-refractivity contribution in [2.75, 3.05) is 5.32 Å². The minimum atomic E-state index is -0.566. The molecule has 1 aromatic carbocycles. The summed E-state index contributed by atoms with van der Waals surface area (Å²) in [5.41, 5.74) is 1.43. The number of H-pyrrole nitrogens is 1. The molecule has 0 radical (unpaired) electrons. The fraction of sp³-hybridized carbons (Fsp3) is 0.609. The van der Waals surface area contributed by atoms with Gasteiger partial charge in [0.15, 0.2) is 0 Å². The first-order valence-electron chi connectivity index (χ1n) is 11.0. The molecule has 1 atom stereocenters. The van der Waals surface area contributed by atoms with Crippen LogP contribution in [0.25, 0.3) is 11.0 Å². The Balaban J connectivity index is 1.31. The second-order valence-electron chi connectivity index (χ2n) is 9.98. The first-order valence-corrected chi connectivity index (χ1v) is 11.0. The van der Waals surface area contributed by atoms with Crippen molar-refractivity contribution in [3.05, 3.63) is 24.3 Å². The van der Waals surface area contributed by atoms with Gasteiger partial charge in [0.25, 0.3) is 0 Å². The minimum Gasteiger partial charge on any atom is -0.344 e. The molecule has 4 aliphatic carbocycles. The number of aromatic amines is 1. The average molecular weight is 395 g/mol. The van der Waals surface area contributed by atoms with E-state index >= 15 is 0 Å². The Labute approximate surface area is 171 Å². The smallest absolute Gasteiger partial charge is 0.249 e. The Hall–Kier alpha value is -2.37. The molecule has 0 aliphatic heterocycles. The van der Waals surface area contributed by atoms with Crippen LogP contribution in [-0.4, -0.2) is 27.8 Å². The largest absolute Gasteiger partial charge is 0.344 e. The third-order valence-electron chi connectivity index (χ3n) is 7.39. The molecule has 2 amide bonds. The van der Waals surface area contributed by atoms with Crippen LogP contribution in [0.3, 0.4) is 0 Å². The van der Waals surface area contributed by atoms with Gasteiger partial charge in [-0.25, -0.2) is 4.98 Å². The summed E-state index contributed by atoms with van der Waals surface area (Å²) < 4.78 is 0. The molecule has 0 spiro atoms. The van der Waals surface area contributed by atoms with Crippen LogP contribution < -0.4 is 10.6 Å². The highest BCUT2D eigenvalue weighted by atomic mass is 16.2. The van der Waals surface area contributed by atoms with Crippen LogP contribution in [0.1, 0.15) is 52.4 Å². The Morgan fingerprint density at radius 3 is 2.28 bits per heavy atom. The number of carbonyl (C=O) groups excluding carboxylic acids is 2. The summed E-state index contributed by atoms with van der Waals surface area (Å²) in [6.07, 6.45) is 6.90. The van der Waals surface area contributed by atoms with Gasteiger partial charge in [-0.1, -0.05) is 26.0 Å². The summed E-state index contributed by atoms with van der Waals surface area (Å²) in [5.74, 6) is 2.41. The van der Waals surface area contributed by atoms with Gasteiger partial charge < -0.3 is 10.3 Å². The zero-order valence-corrected chi connectivity index (χ0v) is 17.2. The number of benzene rings is 1.